The van der Waals surface area contributed by atoms with Crippen LogP contribution >= 0.6 is 0 Å². The number of nitrogens with two attached hydrogens (primary N) is 1. The third-order valence-electron chi connectivity index (χ3n) is 6.49. The Labute approximate surface area is 193 Å². The molecule has 0 spiro atoms. The lowest BCUT2D eigenvalue weighted by atomic mass is 10.00. The van der Waals surface area contributed by atoms with Gasteiger partial charge in [-0.05, 0) is 60.9 Å². The number of nitrogens with one attached hydrogen (secondary N) is 1. The van der Waals surface area contributed by atoms with Crippen LogP contribution < -0.4 is 11.3 Å². The molecule has 0 saturated heterocycles. The highest BCUT2D eigenvalue weighted by Crippen LogP contribution is 2.41. The van der Waals surface area contributed by atoms with Crippen LogP contribution in [-0.4, -0.2) is 24.6 Å². The summed E-state index contributed by atoms with van der Waals surface area (Å²) in [6, 6.07) is 12.3. The fourth-order valence-electron chi connectivity index (χ4n) is 4.74. The number of aromatic nitrogens is 4. The molecular weight excluding hydrogens is 433 g/mol. The number of benzene rings is 2. The Morgan fingerprint density at radius 1 is 1.21 bits per heavy atom. The summed E-state index contributed by atoms with van der Waals surface area (Å²) in [4.78, 5) is 25.3. The van der Waals surface area contributed by atoms with E-state index in [0.29, 0.717) is 39.5 Å². The molecule has 1 saturated carbocycles. The van der Waals surface area contributed by atoms with E-state index >= 15 is 4.39 Å². The number of anilines is 1. The van der Waals surface area contributed by atoms with Gasteiger partial charge in [-0.3, -0.25) is 9.36 Å². The second-order valence-corrected chi connectivity index (χ2v) is 8.84. The zero-order valence-corrected chi connectivity index (χ0v) is 18.5. The molecule has 0 amide bonds. The molecule has 0 atom stereocenters. The summed E-state index contributed by atoms with van der Waals surface area (Å²) in [6.45, 7) is 1.55. The molecule has 7 nitrogen and oxygen atoms in total. The Balaban J connectivity index is 1.58. The van der Waals surface area contributed by atoms with Crippen molar-refractivity contribution in [3.63, 3.8) is 0 Å². The molecule has 5 aromatic rings. The van der Waals surface area contributed by atoms with Crippen molar-refractivity contribution in [3.8, 4) is 16.9 Å². The summed E-state index contributed by atoms with van der Waals surface area (Å²) in [6.07, 6.45) is 3.73. The topological polar surface area (TPSA) is 110 Å². The molecular formula is C26H22FN5O2. The van der Waals surface area contributed by atoms with Crippen LogP contribution in [0.2, 0.25) is 0 Å². The molecule has 170 valence electrons. The van der Waals surface area contributed by atoms with E-state index in [2.05, 4.69) is 15.0 Å². The first-order chi connectivity index (χ1) is 16.4. The molecule has 0 unspecified atom stereocenters. The number of halogens is 1. The molecule has 1 fully saturated rings. The fraction of sp³-hybridized carbons (Fsp3) is 0.192. The molecule has 3 heterocycles. The summed E-state index contributed by atoms with van der Waals surface area (Å²) in [5, 5.41) is 11.7. The molecule has 3 aromatic heterocycles. The third-order valence-corrected chi connectivity index (χ3v) is 6.49. The smallest absolute Gasteiger partial charge is 0.265 e. The Hall–Kier alpha value is -4.04. The molecule has 1 aliphatic rings. The SMILES string of the molecule is Cc1cc2c(-c3cccc(-n4ccc5cc(C6CC6)cc(F)c5c4=O)c3CO)nc(N)nc2[nH]1. The van der Waals surface area contributed by atoms with Gasteiger partial charge in [0.1, 0.15) is 11.5 Å². The lowest BCUT2D eigenvalue weighted by Crippen LogP contribution is -2.20. The number of aliphatic hydroxyl groups excluding tert-OH is 1. The zero-order chi connectivity index (χ0) is 23.6. The van der Waals surface area contributed by atoms with Gasteiger partial charge in [0.15, 0.2) is 0 Å². The maximum Gasteiger partial charge on any atom is 0.265 e. The van der Waals surface area contributed by atoms with E-state index in [-0.39, 0.29) is 17.9 Å². The molecule has 4 N–H and O–H groups in total. The van der Waals surface area contributed by atoms with Gasteiger partial charge in [-0.15, -0.1) is 0 Å². The van der Waals surface area contributed by atoms with Crippen LogP contribution in [0.4, 0.5) is 10.3 Å². The molecule has 0 aliphatic heterocycles. The van der Waals surface area contributed by atoms with Crippen molar-refractivity contribution in [1.29, 1.82) is 0 Å². The van der Waals surface area contributed by atoms with Gasteiger partial charge in [-0.2, -0.15) is 4.98 Å². The second-order valence-electron chi connectivity index (χ2n) is 8.84. The van der Waals surface area contributed by atoms with Crippen molar-refractivity contribution < 1.29 is 9.50 Å². The summed E-state index contributed by atoms with van der Waals surface area (Å²) in [5.41, 5.74) is 10.00. The summed E-state index contributed by atoms with van der Waals surface area (Å²) in [7, 11) is 0. The van der Waals surface area contributed by atoms with Gasteiger partial charge in [0.2, 0.25) is 5.95 Å². The maximum atomic E-state index is 15.0. The second kappa shape index (κ2) is 7.50. The van der Waals surface area contributed by atoms with E-state index < -0.39 is 11.4 Å². The Bertz CT molecular complexity index is 1670. The first-order valence-electron chi connectivity index (χ1n) is 11.2. The van der Waals surface area contributed by atoms with Gasteiger partial charge in [-0.25, -0.2) is 9.37 Å². The Morgan fingerprint density at radius 3 is 2.79 bits per heavy atom. The largest absolute Gasteiger partial charge is 0.392 e. The van der Waals surface area contributed by atoms with Gasteiger partial charge in [-0.1, -0.05) is 18.2 Å². The lowest BCUT2D eigenvalue weighted by Gasteiger charge is -2.16. The monoisotopic (exact) mass is 455 g/mol. The minimum Gasteiger partial charge on any atom is -0.392 e. The Kier molecular flexibility index (Phi) is 4.53. The molecule has 0 bridgehead atoms. The predicted octanol–water partition coefficient (Wildman–Crippen LogP) is 4.33. The van der Waals surface area contributed by atoms with Crippen LogP contribution in [-0.2, 0) is 6.61 Å². The lowest BCUT2D eigenvalue weighted by molar-refractivity contribution is 0.282. The van der Waals surface area contributed by atoms with Crippen LogP contribution in [0, 0.1) is 12.7 Å². The summed E-state index contributed by atoms with van der Waals surface area (Å²) >= 11 is 0. The number of aromatic amines is 1. The van der Waals surface area contributed by atoms with Crippen LogP contribution in [0.1, 0.15) is 35.6 Å². The highest BCUT2D eigenvalue weighted by molar-refractivity contribution is 5.93. The van der Waals surface area contributed by atoms with Crippen LogP contribution in [0.3, 0.4) is 0 Å². The molecule has 34 heavy (non-hydrogen) atoms. The first-order valence-corrected chi connectivity index (χ1v) is 11.2. The van der Waals surface area contributed by atoms with Gasteiger partial charge >= 0.3 is 0 Å². The highest BCUT2D eigenvalue weighted by atomic mass is 19.1. The first kappa shape index (κ1) is 20.6. The normalized spacial score (nSPS) is 13.7. The van der Waals surface area contributed by atoms with Crippen molar-refractivity contribution in [2.75, 3.05) is 5.73 Å². The minimum atomic E-state index is -0.520. The Morgan fingerprint density at radius 2 is 2.03 bits per heavy atom. The number of rotatable bonds is 4. The number of fused-ring (bicyclic) bond motifs is 2. The predicted molar refractivity (Wildman–Crippen MR) is 129 cm³/mol. The van der Waals surface area contributed by atoms with Crippen molar-refractivity contribution in [2.45, 2.75) is 32.3 Å². The number of nitrogens with zero attached hydrogens (tertiary/aromatic N) is 3. The highest BCUT2D eigenvalue weighted by Gasteiger charge is 2.25. The average Bonchev–Trinajstić information content (AvgIpc) is 3.59. The minimum absolute atomic E-state index is 0.0381. The van der Waals surface area contributed by atoms with Gasteiger partial charge < -0.3 is 15.8 Å². The van der Waals surface area contributed by atoms with Gasteiger partial charge in [0, 0.05) is 28.4 Å². The molecule has 0 radical (unpaired) electrons. The van der Waals surface area contributed by atoms with E-state index in [1.54, 1.807) is 24.4 Å². The number of aliphatic hydroxyl groups is 1. The molecule has 6 rings (SSSR count). The number of hydrogen-bond donors (Lipinski definition) is 3. The van der Waals surface area contributed by atoms with Crippen LogP contribution in [0.15, 0.2) is 53.5 Å². The van der Waals surface area contributed by atoms with E-state index in [1.165, 1.54) is 10.6 Å². The standard InChI is InChI=1S/C26H22FN5O2/c1-13-9-18-23(30-26(28)31-24(18)29-13)17-3-2-4-21(19(17)12-33)32-8-7-15-10-16(14-5-6-14)11-20(27)22(15)25(32)34/h2-4,7-11,14,33H,5-6,12H2,1H3,(H3,28,29,30,31). The van der Waals surface area contributed by atoms with Crippen molar-refractivity contribution in [3.05, 3.63) is 81.7 Å². The van der Waals surface area contributed by atoms with Crippen LogP contribution in [0.5, 0.6) is 0 Å². The number of nitrogen functional groups attached to an aromatic ring is 1. The summed E-state index contributed by atoms with van der Waals surface area (Å²) < 4.78 is 16.4. The maximum absolute atomic E-state index is 15.0. The average molecular weight is 455 g/mol. The van der Waals surface area contributed by atoms with Crippen molar-refractivity contribution in [1.82, 2.24) is 19.5 Å². The van der Waals surface area contributed by atoms with Gasteiger partial charge in [0.25, 0.3) is 5.56 Å². The number of hydrogen-bond acceptors (Lipinski definition) is 5. The fourth-order valence-corrected chi connectivity index (χ4v) is 4.74. The van der Waals surface area contributed by atoms with E-state index in [1.807, 2.05) is 25.1 Å². The molecule has 8 heteroatoms. The van der Waals surface area contributed by atoms with E-state index in [4.69, 9.17) is 5.73 Å². The molecule has 1 aliphatic carbocycles. The van der Waals surface area contributed by atoms with Crippen molar-refractivity contribution >= 4 is 27.8 Å². The summed E-state index contributed by atoms with van der Waals surface area (Å²) in [5.74, 6) is -0.0446. The van der Waals surface area contributed by atoms with E-state index in [0.717, 1.165) is 29.5 Å². The van der Waals surface area contributed by atoms with Gasteiger partial charge in [0.05, 0.1) is 23.4 Å². The number of H-pyrrole nitrogens is 1. The number of aryl methyl sites for hydroxylation is 1. The third kappa shape index (κ3) is 3.18. The van der Waals surface area contributed by atoms with Crippen LogP contribution in [0.25, 0.3) is 38.8 Å². The number of pyridine rings is 1. The molecule has 2 aromatic carbocycles. The van der Waals surface area contributed by atoms with E-state index in [9.17, 15) is 9.90 Å². The quantitative estimate of drug-likeness (QED) is 0.374. The zero-order valence-electron chi connectivity index (χ0n) is 18.5. The van der Waals surface area contributed by atoms with Crippen molar-refractivity contribution in [2.24, 2.45) is 0 Å².